The van der Waals surface area contributed by atoms with E-state index in [1.807, 2.05) is 18.2 Å². The summed E-state index contributed by atoms with van der Waals surface area (Å²) < 4.78 is 6.68. The van der Waals surface area contributed by atoms with Crippen molar-refractivity contribution in [2.45, 2.75) is 19.3 Å². The average molecular weight is 837 g/mol. The van der Waals surface area contributed by atoms with Crippen molar-refractivity contribution in [3.8, 4) is 22.6 Å². The maximum Gasteiger partial charge on any atom is 0.227 e. The van der Waals surface area contributed by atoms with Crippen molar-refractivity contribution in [3.63, 3.8) is 0 Å². The molecule has 1 aliphatic rings. The molecule has 0 fully saturated rings. The summed E-state index contributed by atoms with van der Waals surface area (Å²) in [6, 6.07) is 84.5. The van der Waals surface area contributed by atoms with E-state index >= 15 is 0 Å². The highest BCUT2D eigenvalue weighted by atomic mass is 28.3. The summed E-state index contributed by atoms with van der Waals surface area (Å²) in [4.78, 5) is 7.41. The Labute approximate surface area is 374 Å². The summed E-state index contributed by atoms with van der Waals surface area (Å²) in [5.41, 5.74) is 11.1. The van der Waals surface area contributed by atoms with Crippen LogP contribution in [-0.2, 0) is 5.41 Å². The number of nitrogens with zero attached hydrogens (tertiary/aromatic N) is 2. The number of hydrogen-bond donors (Lipinski definition) is 0. The van der Waals surface area contributed by atoms with E-state index in [1.54, 1.807) is 0 Å². The van der Waals surface area contributed by atoms with Gasteiger partial charge < -0.3 is 9.32 Å². The van der Waals surface area contributed by atoms with Gasteiger partial charge in [-0.15, -0.1) is 0 Å². The largest absolute Gasteiger partial charge is 0.435 e. The van der Waals surface area contributed by atoms with Crippen LogP contribution in [0.5, 0.6) is 0 Å². The highest BCUT2D eigenvalue weighted by Gasteiger charge is 2.41. The Morgan fingerprint density at radius 3 is 1.61 bits per heavy atom. The Bertz CT molecular complexity index is 3410. The van der Waals surface area contributed by atoms with Gasteiger partial charge in [-0.25, -0.2) is 4.98 Å². The molecule has 1 aliphatic carbocycles. The van der Waals surface area contributed by atoms with Gasteiger partial charge in [0.05, 0.1) is 0 Å². The van der Waals surface area contributed by atoms with E-state index in [-0.39, 0.29) is 5.41 Å². The fraction of sp³-hybridized carbons (Fsp3) is 0.0500. The lowest BCUT2D eigenvalue weighted by Crippen LogP contribution is -2.74. The molecule has 0 N–H and O–H groups in total. The molecule has 12 rings (SSSR count). The first kappa shape index (κ1) is 37.9. The lowest BCUT2D eigenvalue weighted by atomic mass is 9.82. The lowest BCUT2D eigenvalue weighted by Gasteiger charge is -2.35. The molecule has 0 saturated carbocycles. The van der Waals surface area contributed by atoms with Gasteiger partial charge in [0, 0.05) is 33.4 Å². The summed E-state index contributed by atoms with van der Waals surface area (Å²) in [7, 11) is -2.74. The molecule has 0 amide bonds. The maximum atomic E-state index is 6.68. The highest BCUT2D eigenvalue weighted by Crippen LogP contribution is 2.51. The fourth-order valence-electron chi connectivity index (χ4n) is 10.6. The van der Waals surface area contributed by atoms with E-state index in [1.165, 1.54) is 43.0 Å². The molecule has 64 heavy (non-hydrogen) atoms. The van der Waals surface area contributed by atoms with Crippen molar-refractivity contribution in [1.29, 1.82) is 0 Å². The van der Waals surface area contributed by atoms with Gasteiger partial charge in [0.25, 0.3) is 0 Å². The minimum atomic E-state index is -2.74. The molecular formula is C60H44N2OSi. The smallest absolute Gasteiger partial charge is 0.227 e. The highest BCUT2D eigenvalue weighted by molar-refractivity contribution is 7.19. The van der Waals surface area contributed by atoms with E-state index < -0.39 is 8.07 Å². The number of oxazole rings is 1. The van der Waals surface area contributed by atoms with Crippen molar-refractivity contribution in [1.82, 2.24) is 4.98 Å². The zero-order valence-corrected chi connectivity index (χ0v) is 36.7. The predicted octanol–water partition coefficient (Wildman–Crippen LogP) is 13.0. The zero-order chi connectivity index (χ0) is 42.8. The molecule has 0 unspecified atom stereocenters. The van der Waals surface area contributed by atoms with Crippen LogP contribution < -0.4 is 25.6 Å². The first-order chi connectivity index (χ1) is 31.5. The Balaban J connectivity index is 1.08. The molecule has 1 aromatic heterocycles. The molecule has 0 radical (unpaired) electrons. The standard InChI is InChI=1S/C60H44N2OSi/c1-60(2)54-26-16-15-25-51(54)53-40-46(34-37-55(53)60)62(45-31-29-41-27-28-42-30-38-56-58(57(42)52(41)39-45)63-59(61-56)43-17-7-3-8-18-43)44-32-35-50(36-33-44)64(47-19-9-4-10-20-47,48-21-11-5-12-22-48)49-23-13-6-14-24-49/h3-40H,1-2H3. The number of rotatable bonds is 8. The van der Waals surface area contributed by atoms with Crippen LogP contribution in [0.2, 0.25) is 0 Å². The molecule has 0 atom stereocenters. The average Bonchev–Trinajstić information content (AvgIpc) is 3.90. The number of hydrogen-bond acceptors (Lipinski definition) is 3. The monoisotopic (exact) mass is 836 g/mol. The Morgan fingerprint density at radius 2 is 0.938 bits per heavy atom. The SMILES string of the molecule is CC1(C)c2ccccc2-c2cc(N(c3ccc([Si](c4ccccc4)(c4ccccc4)c4ccccc4)cc3)c3ccc4ccc5ccc6nc(-c7ccccc7)oc6c5c4c3)ccc21. The van der Waals surface area contributed by atoms with Crippen LogP contribution in [0.1, 0.15) is 25.0 Å². The number of anilines is 3. The van der Waals surface area contributed by atoms with Crippen LogP contribution in [0.15, 0.2) is 235 Å². The van der Waals surface area contributed by atoms with Crippen LogP contribution in [-0.4, -0.2) is 13.1 Å². The third kappa shape index (κ3) is 5.91. The van der Waals surface area contributed by atoms with Crippen molar-refractivity contribution in [3.05, 3.63) is 242 Å². The number of aromatic nitrogens is 1. The predicted molar refractivity (Wildman–Crippen MR) is 270 cm³/mol. The van der Waals surface area contributed by atoms with Gasteiger partial charge in [-0.2, -0.15) is 0 Å². The van der Waals surface area contributed by atoms with E-state index in [2.05, 4.69) is 231 Å². The first-order valence-corrected chi connectivity index (χ1v) is 24.1. The fourth-order valence-corrected chi connectivity index (χ4v) is 15.3. The van der Waals surface area contributed by atoms with Crippen LogP contribution in [0.4, 0.5) is 17.1 Å². The molecule has 10 aromatic carbocycles. The van der Waals surface area contributed by atoms with E-state index in [4.69, 9.17) is 9.40 Å². The Hall–Kier alpha value is -7.79. The quantitative estimate of drug-likeness (QED) is 0.0867. The molecule has 4 heteroatoms. The summed E-state index contributed by atoms with van der Waals surface area (Å²) in [5, 5.41) is 9.84. The normalized spacial score (nSPS) is 13.0. The van der Waals surface area contributed by atoms with Crippen LogP contribution in [0.3, 0.4) is 0 Å². The molecule has 0 spiro atoms. The summed E-state index contributed by atoms with van der Waals surface area (Å²) >= 11 is 0. The van der Waals surface area contributed by atoms with Gasteiger partial charge in [0.2, 0.25) is 5.89 Å². The maximum absolute atomic E-state index is 6.68. The second-order valence-corrected chi connectivity index (χ2v) is 21.3. The Morgan fingerprint density at radius 1 is 0.438 bits per heavy atom. The summed E-state index contributed by atoms with van der Waals surface area (Å²) in [5.74, 6) is 0.625. The van der Waals surface area contributed by atoms with Gasteiger partial charge in [-0.1, -0.05) is 190 Å². The summed E-state index contributed by atoms with van der Waals surface area (Å²) in [6.45, 7) is 4.69. The van der Waals surface area contributed by atoms with Crippen molar-refractivity contribution < 1.29 is 4.42 Å². The minimum Gasteiger partial charge on any atom is -0.435 e. The van der Waals surface area contributed by atoms with E-state index in [0.717, 1.165) is 55.3 Å². The minimum absolute atomic E-state index is 0.0971. The van der Waals surface area contributed by atoms with Crippen LogP contribution in [0, 0.1) is 0 Å². The Kier molecular flexibility index (Phi) is 8.85. The van der Waals surface area contributed by atoms with Crippen molar-refractivity contribution >= 4 is 78.5 Å². The third-order valence-corrected chi connectivity index (χ3v) is 18.4. The molecular weight excluding hydrogens is 793 g/mol. The third-order valence-electron chi connectivity index (χ3n) is 13.6. The lowest BCUT2D eigenvalue weighted by molar-refractivity contribution is 0.623. The molecule has 0 saturated heterocycles. The topological polar surface area (TPSA) is 29.3 Å². The zero-order valence-electron chi connectivity index (χ0n) is 35.7. The van der Waals surface area contributed by atoms with Crippen LogP contribution >= 0.6 is 0 Å². The second kappa shape index (κ2) is 14.9. The van der Waals surface area contributed by atoms with Gasteiger partial charge in [0.1, 0.15) is 5.52 Å². The van der Waals surface area contributed by atoms with Gasteiger partial charge >= 0.3 is 0 Å². The number of benzene rings is 10. The number of fused-ring (bicyclic) bond motifs is 8. The van der Waals surface area contributed by atoms with Gasteiger partial charge in [-0.3, -0.25) is 0 Å². The van der Waals surface area contributed by atoms with Gasteiger partial charge in [0.15, 0.2) is 13.7 Å². The van der Waals surface area contributed by atoms with E-state index in [0.29, 0.717) is 5.89 Å². The molecule has 0 aliphatic heterocycles. The molecule has 1 heterocycles. The molecule has 11 aromatic rings. The molecule has 3 nitrogen and oxygen atoms in total. The summed E-state index contributed by atoms with van der Waals surface area (Å²) in [6.07, 6.45) is 0. The van der Waals surface area contributed by atoms with E-state index in [9.17, 15) is 0 Å². The van der Waals surface area contributed by atoms with Crippen LogP contribution in [0.25, 0.3) is 55.2 Å². The van der Waals surface area contributed by atoms with Gasteiger partial charge in [-0.05, 0) is 114 Å². The van der Waals surface area contributed by atoms with Crippen molar-refractivity contribution in [2.24, 2.45) is 0 Å². The molecule has 0 bridgehead atoms. The molecule has 304 valence electrons. The first-order valence-electron chi connectivity index (χ1n) is 22.1. The van der Waals surface area contributed by atoms with Crippen molar-refractivity contribution in [2.75, 3.05) is 4.90 Å². The second-order valence-electron chi connectivity index (χ2n) is 17.5.